The molecule has 0 spiro atoms. The fourth-order valence-electron chi connectivity index (χ4n) is 2.82. The van der Waals surface area contributed by atoms with Crippen LogP contribution >= 0.6 is 0 Å². The number of pyridine rings is 1. The molecule has 2 aromatic heterocycles. The van der Waals surface area contributed by atoms with Crippen molar-refractivity contribution in [2.75, 3.05) is 24.6 Å². The molecule has 21 heavy (non-hydrogen) atoms. The number of hydrogen-bond acceptors (Lipinski definition) is 5. The first kappa shape index (κ1) is 13.8. The van der Waals surface area contributed by atoms with Crippen molar-refractivity contribution in [2.24, 2.45) is 0 Å². The van der Waals surface area contributed by atoms with E-state index in [1.165, 1.54) is 18.4 Å². The van der Waals surface area contributed by atoms with Crippen LogP contribution in [0, 0.1) is 0 Å². The lowest BCUT2D eigenvalue weighted by atomic mass is 9.91. The summed E-state index contributed by atoms with van der Waals surface area (Å²) in [5, 5.41) is 0. The fourth-order valence-corrected chi connectivity index (χ4v) is 2.82. The summed E-state index contributed by atoms with van der Waals surface area (Å²) in [4.78, 5) is 14.9. The Kier molecular flexibility index (Phi) is 4.28. The van der Waals surface area contributed by atoms with Gasteiger partial charge in [0.1, 0.15) is 12.1 Å². The van der Waals surface area contributed by atoms with Crippen molar-refractivity contribution in [3.63, 3.8) is 0 Å². The molecule has 0 bridgehead atoms. The van der Waals surface area contributed by atoms with Gasteiger partial charge in [-0.1, -0.05) is 0 Å². The quantitative estimate of drug-likeness (QED) is 0.864. The molecule has 1 aliphatic heterocycles. The molecule has 1 aliphatic rings. The molecule has 1 saturated heterocycles. The Labute approximate surface area is 125 Å². The van der Waals surface area contributed by atoms with E-state index in [-0.39, 0.29) is 0 Å². The Bertz CT molecular complexity index is 575. The lowest BCUT2D eigenvalue weighted by molar-refractivity contribution is 0.326. The van der Waals surface area contributed by atoms with Crippen LogP contribution in [0.25, 0.3) is 0 Å². The molecule has 1 fully saturated rings. The van der Waals surface area contributed by atoms with Crippen molar-refractivity contribution in [2.45, 2.75) is 25.7 Å². The maximum atomic E-state index is 5.46. The van der Waals surface area contributed by atoms with E-state index < -0.39 is 0 Å². The smallest absolute Gasteiger partial charge is 0.218 e. The summed E-state index contributed by atoms with van der Waals surface area (Å²) in [6.07, 6.45) is 7.69. The van der Waals surface area contributed by atoms with E-state index in [1.807, 2.05) is 25.4 Å². The molecular weight excluding hydrogens is 264 g/mol. The second kappa shape index (κ2) is 6.52. The van der Waals surface area contributed by atoms with Gasteiger partial charge in [0.15, 0.2) is 0 Å². The van der Waals surface area contributed by atoms with Gasteiger partial charge in [0.25, 0.3) is 0 Å². The summed E-state index contributed by atoms with van der Waals surface area (Å²) in [5.74, 6) is 2.13. The Balaban J connectivity index is 1.75. The van der Waals surface area contributed by atoms with Gasteiger partial charge in [-0.25, -0.2) is 9.97 Å². The van der Waals surface area contributed by atoms with Crippen LogP contribution in [0.2, 0.25) is 0 Å². The summed E-state index contributed by atoms with van der Waals surface area (Å²) in [5.41, 5.74) is 1.36. The van der Waals surface area contributed by atoms with Crippen LogP contribution in [0.1, 0.15) is 31.2 Å². The van der Waals surface area contributed by atoms with Crippen LogP contribution in [0.3, 0.4) is 0 Å². The third kappa shape index (κ3) is 3.29. The Morgan fingerprint density at radius 2 is 2.14 bits per heavy atom. The largest absolute Gasteiger partial charge is 0.478 e. The van der Waals surface area contributed by atoms with E-state index in [1.54, 1.807) is 6.33 Å². The summed E-state index contributed by atoms with van der Waals surface area (Å²) in [6, 6.07) is 6.15. The summed E-state index contributed by atoms with van der Waals surface area (Å²) >= 11 is 0. The highest BCUT2D eigenvalue weighted by atomic mass is 16.5. The molecule has 0 N–H and O–H groups in total. The molecule has 5 nitrogen and oxygen atoms in total. The number of nitrogens with zero attached hydrogens (tertiary/aromatic N) is 4. The monoisotopic (exact) mass is 284 g/mol. The van der Waals surface area contributed by atoms with Crippen LogP contribution in [0.5, 0.6) is 5.88 Å². The van der Waals surface area contributed by atoms with Gasteiger partial charge in [-0.3, -0.25) is 4.98 Å². The molecule has 1 unspecified atom stereocenters. The Morgan fingerprint density at radius 1 is 1.29 bits per heavy atom. The topological polar surface area (TPSA) is 51.1 Å². The van der Waals surface area contributed by atoms with E-state index in [0.717, 1.165) is 18.9 Å². The first-order valence-electron chi connectivity index (χ1n) is 7.46. The lowest BCUT2D eigenvalue weighted by Crippen LogP contribution is -2.35. The second-order valence-electron chi connectivity index (χ2n) is 5.21. The molecule has 0 amide bonds. The number of anilines is 1. The zero-order chi connectivity index (χ0) is 14.5. The van der Waals surface area contributed by atoms with Gasteiger partial charge in [-0.05, 0) is 37.5 Å². The molecule has 3 rings (SSSR count). The van der Waals surface area contributed by atoms with Gasteiger partial charge in [0.2, 0.25) is 5.88 Å². The second-order valence-corrected chi connectivity index (χ2v) is 5.21. The third-order valence-electron chi connectivity index (χ3n) is 3.84. The predicted molar refractivity (Wildman–Crippen MR) is 81.6 cm³/mol. The molecular formula is C16H20N4O. The first-order valence-corrected chi connectivity index (χ1v) is 7.46. The van der Waals surface area contributed by atoms with Crippen LogP contribution in [0.15, 0.2) is 36.9 Å². The van der Waals surface area contributed by atoms with Gasteiger partial charge < -0.3 is 9.64 Å². The molecule has 2 aromatic rings. The van der Waals surface area contributed by atoms with Gasteiger partial charge in [-0.15, -0.1) is 0 Å². The van der Waals surface area contributed by atoms with Crippen LogP contribution < -0.4 is 9.64 Å². The maximum absolute atomic E-state index is 5.46. The van der Waals surface area contributed by atoms with Gasteiger partial charge >= 0.3 is 0 Å². The van der Waals surface area contributed by atoms with Crippen LogP contribution in [-0.4, -0.2) is 34.6 Å². The fraction of sp³-hybridized carbons (Fsp3) is 0.438. The van der Waals surface area contributed by atoms with Crippen molar-refractivity contribution >= 4 is 5.82 Å². The third-order valence-corrected chi connectivity index (χ3v) is 3.84. The highest BCUT2D eigenvalue weighted by Crippen LogP contribution is 2.29. The van der Waals surface area contributed by atoms with Crippen molar-refractivity contribution in [1.82, 2.24) is 15.0 Å². The van der Waals surface area contributed by atoms with Crippen molar-refractivity contribution in [1.29, 1.82) is 0 Å². The van der Waals surface area contributed by atoms with Crippen molar-refractivity contribution in [3.8, 4) is 5.88 Å². The number of piperidine rings is 1. The molecule has 3 heterocycles. The Hall–Kier alpha value is -2.17. The van der Waals surface area contributed by atoms with Crippen LogP contribution in [0.4, 0.5) is 5.82 Å². The van der Waals surface area contributed by atoms with E-state index in [0.29, 0.717) is 18.4 Å². The molecule has 0 saturated carbocycles. The minimum Gasteiger partial charge on any atom is -0.478 e. The zero-order valence-corrected chi connectivity index (χ0v) is 12.3. The molecule has 0 radical (unpaired) electrons. The van der Waals surface area contributed by atoms with Crippen molar-refractivity contribution in [3.05, 3.63) is 42.5 Å². The van der Waals surface area contributed by atoms with Gasteiger partial charge in [0.05, 0.1) is 6.61 Å². The average Bonchev–Trinajstić information content (AvgIpc) is 2.56. The van der Waals surface area contributed by atoms with E-state index in [4.69, 9.17) is 4.74 Å². The van der Waals surface area contributed by atoms with E-state index >= 15 is 0 Å². The van der Waals surface area contributed by atoms with Gasteiger partial charge in [0, 0.05) is 37.5 Å². The van der Waals surface area contributed by atoms with E-state index in [9.17, 15) is 0 Å². The minimum atomic E-state index is 0.534. The lowest BCUT2D eigenvalue weighted by Gasteiger charge is -2.33. The minimum absolute atomic E-state index is 0.534. The molecule has 110 valence electrons. The Morgan fingerprint density at radius 3 is 2.95 bits per heavy atom. The maximum Gasteiger partial charge on any atom is 0.218 e. The SMILES string of the molecule is CCOc1cc(N2CCCC(c3ccncc3)C2)ncn1. The highest BCUT2D eigenvalue weighted by Gasteiger charge is 2.22. The molecule has 5 heteroatoms. The molecule has 0 aliphatic carbocycles. The van der Waals surface area contributed by atoms with Gasteiger partial charge in [-0.2, -0.15) is 0 Å². The average molecular weight is 284 g/mol. The summed E-state index contributed by atoms with van der Waals surface area (Å²) in [7, 11) is 0. The molecule has 0 aromatic carbocycles. The predicted octanol–water partition coefficient (Wildman–Crippen LogP) is 2.65. The first-order chi connectivity index (χ1) is 10.4. The zero-order valence-electron chi connectivity index (χ0n) is 12.3. The number of aromatic nitrogens is 3. The van der Waals surface area contributed by atoms with E-state index in [2.05, 4.69) is 32.0 Å². The normalized spacial score (nSPS) is 18.5. The number of hydrogen-bond donors (Lipinski definition) is 0. The number of ether oxygens (including phenoxy) is 1. The molecule has 1 atom stereocenters. The standard InChI is InChI=1S/C16H20N4O/c1-2-21-16-10-15(18-12-19-16)20-9-3-4-14(11-20)13-5-7-17-8-6-13/h5-8,10,12,14H,2-4,9,11H2,1H3. The van der Waals surface area contributed by atoms with Crippen molar-refractivity contribution < 1.29 is 4.74 Å². The van der Waals surface area contributed by atoms with Crippen LogP contribution in [-0.2, 0) is 0 Å². The summed E-state index contributed by atoms with van der Waals surface area (Å²) in [6.45, 7) is 4.59. The summed E-state index contributed by atoms with van der Waals surface area (Å²) < 4.78 is 5.46. The number of rotatable bonds is 4. The highest BCUT2D eigenvalue weighted by molar-refractivity contribution is 5.42.